The highest BCUT2D eigenvalue weighted by Crippen LogP contribution is 2.20. The number of esters is 1. The minimum absolute atomic E-state index is 0.000187. The molecule has 0 atom stereocenters. The fourth-order valence-corrected chi connectivity index (χ4v) is 1.80. The molecule has 0 saturated carbocycles. The zero-order valence-corrected chi connectivity index (χ0v) is 10.6. The highest BCUT2D eigenvalue weighted by molar-refractivity contribution is 5.97. The van der Waals surface area contributed by atoms with E-state index in [1.54, 1.807) is 30.3 Å². The maximum absolute atomic E-state index is 12.1. The average molecular weight is 254 g/mol. The third-order valence-corrected chi connectivity index (χ3v) is 2.67. The van der Waals surface area contributed by atoms with Crippen LogP contribution in [-0.4, -0.2) is 11.8 Å². The minimum atomic E-state index is -0.389. The van der Waals surface area contributed by atoms with Crippen LogP contribution in [0.1, 0.15) is 22.8 Å². The first kappa shape index (κ1) is 13.0. The molecule has 0 spiro atoms. The van der Waals surface area contributed by atoms with E-state index in [4.69, 9.17) is 4.74 Å². The lowest BCUT2D eigenvalue weighted by atomic mass is 10.0. The summed E-state index contributed by atoms with van der Waals surface area (Å²) < 4.78 is 5.09. The Morgan fingerprint density at radius 2 is 1.58 bits per heavy atom. The molecule has 19 heavy (non-hydrogen) atoms. The van der Waals surface area contributed by atoms with Crippen molar-refractivity contribution in [3.05, 3.63) is 65.7 Å². The molecule has 0 aliphatic heterocycles. The van der Waals surface area contributed by atoms with Crippen molar-refractivity contribution in [2.75, 3.05) is 0 Å². The van der Waals surface area contributed by atoms with Gasteiger partial charge in [0.2, 0.25) is 0 Å². The lowest BCUT2D eigenvalue weighted by molar-refractivity contribution is -0.131. The van der Waals surface area contributed by atoms with Gasteiger partial charge in [0.15, 0.2) is 5.78 Å². The van der Waals surface area contributed by atoms with Crippen molar-refractivity contribution >= 4 is 11.8 Å². The molecule has 0 aliphatic carbocycles. The Bertz CT molecular complexity index is 588. The van der Waals surface area contributed by atoms with Crippen LogP contribution in [0.25, 0.3) is 0 Å². The van der Waals surface area contributed by atoms with E-state index >= 15 is 0 Å². The van der Waals surface area contributed by atoms with Gasteiger partial charge in [0.1, 0.15) is 5.75 Å². The number of ether oxygens (including phenoxy) is 1. The quantitative estimate of drug-likeness (QED) is 0.478. The SMILES string of the molecule is CC(=O)Oc1ccccc1CC(=O)c1ccccc1. The standard InChI is InChI=1S/C16H14O3/c1-12(17)19-16-10-6-5-9-14(16)11-15(18)13-7-3-2-4-8-13/h2-10H,11H2,1H3. The number of Topliss-reactive ketones (excluding diaryl/α,β-unsaturated/α-hetero) is 1. The Hall–Kier alpha value is -2.42. The monoisotopic (exact) mass is 254 g/mol. The number of rotatable bonds is 4. The first-order chi connectivity index (χ1) is 9.16. The molecule has 0 saturated heterocycles. The van der Waals surface area contributed by atoms with Crippen molar-refractivity contribution in [2.24, 2.45) is 0 Å². The Balaban J connectivity index is 2.19. The number of hydrogen-bond donors (Lipinski definition) is 0. The predicted octanol–water partition coefficient (Wildman–Crippen LogP) is 3.04. The van der Waals surface area contributed by atoms with Gasteiger partial charge in [0.05, 0.1) is 0 Å². The van der Waals surface area contributed by atoms with Crippen LogP contribution in [0.4, 0.5) is 0 Å². The predicted molar refractivity (Wildman–Crippen MR) is 72.2 cm³/mol. The fraction of sp³-hybridized carbons (Fsp3) is 0.125. The van der Waals surface area contributed by atoms with Gasteiger partial charge >= 0.3 is 5.97 Å². The third kappa shape index (κ3) is 3.52. The highest BCUT2D eigenvalue weighted by atomic mass is 16.5. The number of carbonyl (C=O) groups is 2. The average Bonchev–Trinajstić information content (AvgIpc) is 2.41. The molecule has 0 fully saturated rings. The number of hydrogen-bond acceptors (Lipinski definition) is 3. The van der Waals surface area contributed by atoms with Gasteiger partial charge in [-0.15, -0.1) is 0 Å². The molecule has 2 rings (SSSR count). The van der Waals surface area contributed by atoms with Crippen molar-refractivity contribution in [2.45, 2.75) is 13.3 Å². The van der Waals surface area contributed by atoms with Gasteiger partial charge in [0, 0.05) is 24.5 Å². The Morgan fingerprint density at radius 1 is 0.947 bits per heavy atom. The molecular formula is C16H14O3. The maximum Gasteiger partial charge on any atom is 0.308 e. The zero-order chi connectivity index (χ0) is 13.7. The normalized spacial score (nSPS) is 9.95. The van der Waals surface area contributed by atoms with Crippen molar-refractivity contribution in [3.63, 3.8) is 0 Å². The smallest absolute Gasteiger partial charge is 0.308 e. The zero-order valence-electron chi connectivity index (χ0n) is 10.6. The summed E-state index contributed by atoms with van der Waals surface area (Å²) in [5.74, 6) is 0.0547. The Labute approximate surface area is 111 Å². The van der Waals surface area contributed by atoms with E-state index in [1.807, 2.05) is 24.3 Å². The van der Waals surface area contributed by atoms with Crippen LogP contribution in [0.15, 0.2) is 54.6 Å². The summed E-state index contributed by atoms with van der Waals surface area (Å²) in [5, 5.41) is 0. The molecule has 0 amide bonds. The van der Waals surface area contributed by atoms with Crippen LogP contribution in [0.3, 0.4) is 0 Å². The molecular weight excluding hydrogens is 240 g/mol. The van der Waals surface area contributed by atoms with Crippen LogP contribution >= 0.6 is 0 Å². The largest absolute Gasteiger partial charge is 0.426 e. The van der Waals surface area contributed by atoms with E-state index in [-0.39, 0.29) is 18.2 Å². The first-order valence-electron chi connectivity index (χ1n) is 6.01. The number of ketones is 1. The number of benzene rings is 2. The van der Waals surface area contributed by atoms with Crippen LogP contribution in [-0.2, 0) is 11.2 Å². The Kier molecular flexibility index (Phi) is 4.08. The van der Waals surface area contributed by atoms with Gasteiger partial charge in [-0.1, -0.05) is 48.5 Å². The maximum atomic E-state index is 12.1. The molecule has 0 bridgehead atoms. The van der Waals surface area contributed by atoms with Gasteiger partial charge in [-0.3, -0.25) is 9.59 Å². The van der Waals surface area contributed by atoms with E-state index in [9.17, 15) is 9.59 Å². The molecule has 3 nitrogen and oxygen atoms in total. The summed E-state index contributed by atoms with van der Waals surface area (Å²) in [6.07, 6.45) is 0.216. The van der Waals surface area contributed by atoms with Crippen molar-refractivity contribution in [3.8, 4) is 5.75 Å². The topological polar surface area (TPSA) is 43.4 Å². The van der Waals surface area contributed by atoms with E-state index < -0.39 is 0 Å². The molecule has 3 heteroatoms. The van der Waals surface area contributed by atoms with Crippen LogP contribution in [0.5, 0.6) is 5.75 Å². The van der Waals surface area contributed by atoms with Gasteiger partial charge in [-0.25, -0.2) is 0 Å². The van der Waals surface area contributed by atoms with Crippen LogP contribution in [0, 0.1) is 0 Å². The summed E-state index contributed by atoms with van der Waals surface area (Å²) in [6.45, 7) is 1.34. The van der Waals surface area contributed by atoms with E-state index in [2.05, 4.69) is 0 Å². The second-order valence-electron chi connectivity index (χ2n) is 4.17. The highest BCUT2D eigenvalue weighted by Gasteiger charge is 2.11. The van der Waals surface area contributed by atoms with Crippen molar-refractivity contribution in [1.29, 1.82) is 0 Å². The molecule has 0 heterocycles. The number of para-hydroxylation sites is 1. The second kappa shape index (κ2) is 5.96. The van der Waals surface area contributed by atoms with E-state index in [0.29, 0.717) is 16.9 Å². The molecule has 0 aliphatic rings. The van der Waals surface area contributed by atoms with Crippen LogP contribution in [0.2, 0.25) is 0 Å². The van der Waals surface area contributed by atoms with Crippen molar-refractivity contribution in [1.82, 2.24) is 0 Å². The lowest BCUT2D eigenvalue weighted by Crippen LogP contribution is -2.08. The van der Waals surface area contributed by atoms with Gasteiger partial charge in [-0.2, -0.15) is 0 Å². The second-order valence-corrected chi connectivity index (χ2v) is 4.17. The molecule has 2 aromatic carbocycles. The minimum Gasteiger partial charge on any atom is -0.426 e. The molecule has 96 valence electrons. The van der Waals surface area contributed by atoms with Crippen LogP contribution < -0.4 is 4.74 Å². The van der Waals surface area contributed by atoms with Gasteiger partial charge in [0.25, 0.3) is 0 Å². The molecule has 0 aromatic heterocycles. The Morgan fingerprint density at radius 3 is 2.26 bits per heavy atom. The molecule has 0 unspecified atom stereocenters. The first-order valence-corrected chi connectivity index (χ1v) is 6.01. The summed E-state index contributed by atoms with van der Waals surface area (Å²) >= 11 is 0. The molecule has 0 radical (unpaired) electrons. The molecule has 2 aromatic rings. The van der Waals surface area contributed by atoms with E-state index in [1.165, 1.54) is 6.92 Å². The van der Waals surface area contributed by atoms with Gasteiger partial charge in [-0.05, 0) is 6.07 Å². The lowest BCUT2D eigenvalue weighted by Gasteiger charge is -2.08. The van der Waals surface area contributed by atoms with Crippen molar-refractivity contribution < 1.29 is 14.3 Å². The van der Waals surface area contributed by atoms with Gasteiger partial charge < -0.3 is 4.74 Å². The summed E-state index contributed by atoms with van der Waals surface area (Å²) in [6, 6.07) is 16.1. The molecule has 0 N–H and O–H groups in total. The fourth-order valence-electron chi connectivity index (χ4n) is 1.80. The summed E-state index contributed by atoms with van der Waals surface area (Å²) in [5.41, 5.74) is 1.37. The number of carbonyl (C=O) groups excluding carboxylic acids is 2. The summed E-state index contributed by atoms with van der Waals surface area (Å²) in [7, 11) is 0. The van der Waals surface area contributed by atoms with E-state index in [0.717, 1.165) is 0 Å². The summed E-state index contributed by atoms with van der Waals surface area (Å²) in [4.78, 5) is 23.1. The third-order valence-electron chi connectivity index (χ3n) is 2.67.